The summed E-state index contributed by atoms with van der Waals surface area (Å²) in [5.74, 6) is 0.277. The van der Waals surface area contributed by atoms with Crippen molar-refractivity contribution in [2.45, 2.75) is 20.1 Å². The summed E-state index contributed by atoms with van der Waals surface area (Å²) < 4.78 is 5.16. The van der Waals surface area contributed by atoms with E-state index >= 15 is 0 Å². The number of hydrogen-bond donors (Lipinski definition) is 2. The van der Waals surface area contributed by atoms with Gasteiger partial charge in [0.2, 0.25) is 11.8 Å². The molecule has 138 valence electrons. The van der Waals surface area contributed by atoms with Crippen molar-refractivity contribution in [3.05, 3.63) is 65.2 Å². The van der Waals surface area contributed by atoms with Crippen molar-refractivity contribution in [3.8, 4) is 0 Å². The summed E-state index contributed by atoms with van der Waals surface area (Å²) in [7, 11) is 1.65. The minimum atomic E-state index is -0.112. The Bertz CT molecular complexity index is 749. The van der Waals surface area contributed by atoms with Crippen molar-refractivity contribution in [2.75, 3.05) is 23.9 Å². The molecule has 2 aromatic rings. The maximum atomic E-state index is 12.0. The second-order valence-electron chi connectivity index (χ2n) is 5.89. The molecule has 0 aliphatic heterocycles. The lowest BCUT2D eigenvalue weighted by molar-refractivity contribution is -0.118. The summed E-state index contributed by atoms with van der Waals surface area (Å²) in [5, 5.41) is 5.71. The standard InChI is InChI=1S/C20H24N2O3S/c1-15-6-5-9-18(10-15)22-20(24)14-26-13-19(23)21-11-16-7-3-4-8-17(16)12-25-2/h3-10H,11-14H2,1-2H3,(H,21,23)(H,22,24). The Balaban J connectivity index is 1.70. The van der Waals surface area contributed by atoms with Crippen LogP contribution in [0, 0.1) is 6.92 Å². The zero-order valence-electron chi connectivity index (χ0n) is 15.1. The molecule has 0 atom stereocenters. The first-order valence-electron chi connectivity index (χ1n) is 8.35. The van der Waals surface area contributed by atoms with Gasteiger partial charge in [-0.3, -0.25) is 9.59 Å². The van der Waals surface area contributed by atoms with Crippen LogP contribution in [-0.4, -0.2) is 30.4 Å². The quantitative estimate of drug-likeness (QED) is 0.710. The number of rotatable bonds is 9. The third-order valence-electron chi connectivity index (χ3n) is 3.66. The van der Waals surface area contributed by atoms with E-state index in [4.69, 9.17) is 4.74 Å². The van der Waals surface area contributed by atoms with Crippen molar-refractivity contribution in [1.82, 2.24) is 5.32 Å². The Hall–Kier alpha value is -2.31. The fraction of sp³-hybridized carbons (Fsp3) is 0.300. The predicted molar refractivity (Wildman–Crippen MR) is 106 cm³/mol. The number of amides is 2. The summed E-state index contributed by atoms with van der Waals surface area (Å²) >= 11 is 1.29. The third-order valence-corrected chi connectivity index (χ3v) is 4.60. The van der Waals surface area contributed by atoms with Gasteiger partial charge in [0.15, 0.2) is 0 Å². The lowest BCUT2D eigenvalue weighted by Crippen LogP contribution is -2.26. The molecular weight excluding hydrogens is 348 g/mol. The van der Waals surface area contributed by atoms with Gasteiger partial charge in [-0.1, -0.05) is 36.4 Å². The fourth-order valence-corrected chi connectivity index (χ4v) is 3.07. The van der Waals surface area contributed by atoms with Crippen LogP contribution in [0.4, 0.5) is 5.69 Å². The van der Waals surface area contributed by atoms with Crippen molar-refractivity contribution < 1.29 is 14.3 Å². The van der Waals surface area contributed by atoms with E-state index in [0.717, 1.165) is 22.4 Å². The van der Waals surface area contributed by atoms with Gasteiger partial charge in [0.25, 0.3) is 0 Å². The molecule has 26 heavy (non-hydrogen) atoms. The molecule has 5 nitrogen and oxygen atoms in total. The van der Waals surface area contributed by atoms with Crippen molar-refractivity contribution in [2.24, 2.45) is 0 Å². The minimum absolute atomic E-state index is 0.0921. The minimum Gasteiger partial charge on any atom is -0.380 e. The molecule has 0 heterocycles. The molecule has 0 fully saturated rings. The van der Waals surface area contributed by atoms with E-state index in [1.165, 1.54) is 11.8 Å². The maximum Gasteiger partial charge on any atom is 0.234 e. The van der Waals surface area contributed by atoms with E-state index in [2.05, 4.69) is 10.6 Å². The molecular formula is C20H24N2O3S. The summed E-state index contributed by atoms with van der Waals surface area (Å²) in [4.78, 5) is 23.9. The molecule has 0 aliphatic rings. The molecule has 0 spiro atoms. The molecule has 6 heteroatoms. The van der Waals surface area contributed by atoms with Crippen LogP contribution in [0.25, 0.3) is 0 Å². The topological polar surface area (TPSA) is 67.4 Å². The second kappa shape index (κ2) is 10.6. The smallest absolute Gasteiger partial charge is 0.234 e. The molecule has 0 unspecified atom stereocenters. The highest BCUT2D eigenvalue weighted by Crippen LogP contribution is 2.11. The van der Waals surface area contributed by atoms with Crippen molar-refractivity contribution >= 4 is 29.3 Å². The summed E-state index contributed by atoms with van der Waals surface area (Å²) in [6.07, 6.45) is 0. The molecule has 2 rings (SSSR count). The molecule has 0 saturated heterocycles. The van der Waals surface area contributed by atoms with Gasteiger partial charge in [-0.05, 0) is 35.7 Å². The number of nitrogens with one attached hydrogen (secondary N) is 2. The normalized spacial score (nSPS) is 10.4. The van der Waals surface area contributed by atoms with E-state index in [-0.39, 0.29) is 23.3 Å². The third kappa shape index (κ3) is 6.90. The molecule has 2 N–H and O–H groups in total. The molecule has 2 amide bonds. The highest BCUT2D eigenvalue weighted by molar-refractivity contribution is 8.00. The summed E-state index contributed by atoms with van der Waals surface area (Å²) in [6, 6.07) is 15.5. The maximum absolute atomic E-state index is 12.0. The molecule has 2 aromatic carbocycles. The van der Waals surface area contributed by atoms with E-state index in [1.54, 1.807) is 7.11 Å². The Kier molecular flexibility index (Phi) is 8.18. The van der Waals surface area contributed by atoms with Crippen LogP contribution in [0.1, 0.15) is 16.7 Å². The Morgan fingerprint density at radius 1 is 1.00 bits per heavy atom. The van der Waals surface area contributed by atoms with Crippen molar-refractivity contribution in [1.29, 1.82) is 0 Å². The largest absolute Gasteiger partial charge is 0.380 e. The van der Waals surface area contributed by atoms with E-state index in [9.17, 15) is 9.59 Å². The fourth-order valence-electron chi connectivity index (χ4n) is 2.43. The number of thioether (sulfide) groups is 1. The summed E-state index contributed by atoms with van der Waals surface area (Å²) in [6.45, 7) is 2.94. The number of carbonyl (C=O) groups is 2. The molecule has 0 aliphatic carbocycles. The van der Waals surface area contributed by atoms with E-state index in [0.29, 0.717) is 13.2 Å². The molecule has 0 aromatic heterocycles. The number of carbonyl (C=O) groups excluding carboxylic acids is 2. The lowest BCUT2D eigenvalue weighted by Gasteiger charge is -2.10. The van der Waals surface area contributed by atoms with Crippen LogP contribution in [0.3, 0.4) is 0 Å². The summed E-state index contributed by atoms with van der Waals surface area (Å²) in [5.41, 5.74) is 3.95. The zero-order chi connectivity index (χ0) is 18.8. The van der Waals surface area contributed by atoms with Gasteiger partial charge in [-0.25, -0.2) is 0 Å². The number of methoxy groups -OCH3 is 1. The van der Waals surface area contributed by atoms with Gasteiger partial charge in [0.1, 0.15) is 0 Å². The molecule has 0 bridgehead atoms. The van der Waals surface area contributed by atoms with Crippen LogP contribution in [0.5, 0.6) is 0 Å². The van der Waals surface area contributed by atoms with Gasteiger partial charge < -0.3 is 15.4 Å². The first-order valence-corrected chi connectivity index (χ1v) is 9.50. The predicted octanol–water partition coefficient (Wildman–Crippen LogP) is 3.13. The molecule has 0 radical (unpaired) electrons. The number of aryl methyl sites for hydroxylation is 1. The average Bonchev–Trinajstić information content (AvgIpc) is 2.61. The lowest BCUT2D eigenvalue weighted by atomic mass is 10.1. The van der Waals surface area contributed by atoms with Crippen LogP contribution < -0.4 is 10.6 Å². The van der Waals surface area contributed by atoms with Gasteiger partial charge in [0.05, 0.1) is 18.1 Å². The van der Waals surface area contributed by atoms with E-state index < -0.39 is 0 Å². The Morgan fingerprint density at radius 3 is 2.46 bits per heavy atom. The van der Waals surface area contributed by atoms with Crippen LogP contribution in [-0.2, 0) is 27.5 Å². The Labute approximate surface area is 158 Å². The van der Waals surface area contributed by atoms with Gasteiger partial charge >= 0.3 is 0 Å². The monoisotopic (exact) mass is 372 g/mol. The van der Waals surface area contributed by atoms with Gasteiger partial charge in [-0.15, -0.1) is 11.8 Å². The number of benzene rings is 2. The second-order valence-corrected chi connectivity index (χ2v) is 6.87. The van der Waals surface area contributed by atoms with Crippen molar-refractivity contribution in [3.63, 3.8) is 0 Å². The first-order chi connectivity index (χ1) is 12.6. The number of anilines is 1. The molecule has 0 saturated carbocycles. The first kappa shape index (κ1) is 20.0. The highest BCUT2D eigenvalue weighted by atomic mass is 32.2. The van der Waals surface area contributed by atoms with Gasteiger partial charge in [0, 0.05) is 19.3 Å². The highest BCUT2D eigenvalue weighted by Gasteiger charge is 2.07. The van der Waals surface area contributed by atoms with E-state index in [1.807, 2.05) is 55.5 Å². The van der Waals surface area contributed by atoms with Gasteiger partial charge in [-0.2, -0.15) is 0 Å². The Morgan fingerprint density at radius 2 is 1.73 bits per heavy atom. The number of ether oxygens (including phenoxy) is 1. The average molecular weight is 372 g/mol. The SMILES string of the molecule is COCc1ccccc1CNC(=O)CSCC(=O)Nc1cccc(C)c1. The number of hydrogen-bond acceptors (Lipinski definition) is 4. The zero-order valence-corrected chi connectivity index (χ0v) is 15.9. The van der Waals surface area contributed by atoms with Crippen LogP contribution in [0.2, 0.25) is 0 Å². The van der Waals surface area contributed by atoms with Crippen LogP contribution >= 0.6 is 11.8 Å². The van der Waals surface area contributed by atoms with Crippen LogP contribution in [0.15, 0.2) is 48.5 Å².